The zero-order valence-corrected chi connectivity index (χ0v) is 13.8. The molecule has 0 fully saturated rings. The van der Waals surface area contributed by atoms with Crippen LogP contribution in [0.15, 0.2) is 24.3 Å². The van der Waals surface area contributed by atoms with E-state index < -0.39 is 0 Å². The molecule has 1 atom stereocenters. The Morgan fingerprint density at radius 1 is 1.15 bits per heavy atom. The summed E-state index contributed by atoms with van der Waals surface area (Å²) in [7, 11) is 0. The Bertz CT molecular complexity index is 358. The van der Waals surface area contributed by atoms with Crippen molar-refractivity contribution in [3.05, 3.63) is 35.4 Å². The Morgan fingerprint density at radius 3 is 2.50 bits per heavy atom. The fourth-order valence-electron chi connectivity index (χ4n) is 2.63. The van der Waals surface area contributed by atoms with E-state index in [0.29, 0.717) is 6.04 Å². The van der Waals surface area contributed by atoms with Crippen molar-refractivity contribution >= 4 is 0 Å². The van der Waals surface area contributed by atoms with E-state index in [1.165, 1.54) is 30.5 Å². The summed E-state index contributed by atoms with van der Waals surface area (Å²) < 4.78 is 0. The van der Waals surface area contributed by atoms with Gasteiger partial charge in [0.25, 0.3) is 0 Å². The first kappa shape index (κ1) is 17.2. The maximum Gasteiger partial charge on any atom is 0.0120 e. The van der Waals surface area contributed by atoms with Crippen LogP contribution in [0.3, 0.4) is 0 Å². The Kier molecular flexibility index (Phi) is 8.56. The van der Waals surface area contributed by atoms with Gasteiger partial charge in [0.1, 0.15) is 0 Å². The van der Waals surface area contributed by atoms with Gasteiger partial charge in [-0.1, -0.05) is 50.6 Å². The van der Waals surface area contributed by atoms with Crippen LogP contribution in [-0.2, 0) is 6.42 Å². The molecule has 0 amide bonds. The van der Waals surface area contributed by atoms with E-state index in [1.807, 2.05) is 0 Å². The Labute approximate surface area is 125 Å². The molecule has 0 bridgehead atoms. The number of rotatable bonds is 10. The lowest BCUT2D eigenvalue weighted by Gasteiger charge is -2.24. The highest BCUT2D eigenvalue weighted by Crippen LogP contribution is 2.09. The first-order valence-electron chi connectivity index (χ1n) is 8.20. The summed E-state index contributed by atoms with van der Waals surface area (Å²) in [5.74, 6) is 0. The van der Waals surface area contributed by atoms with Gasteiger partial charge in [0, 0.05) is 6.04 Å². The third-order valence-electron chi connectivity index (χ3n) is 3.94. The number of nitrogens with one attached hydrogen (secondary N) is 1. The summed E-state index contributed by atoms with van der Waals surface area (Å²) in [6, 6.07) is 9.51. The van der Waals surface area contributed by atoms with Gasteiger partial charge >= 0.3 is 0 Å². The van der Waals surface area contributed by atoms with Crippen molar-refractivity contribution in [2.45, 2.75) is 53.0 Å². The van der Waals surface area contributed by atoms with Crippen molar-refractivity contribution in [1.29, 1.82) is 0 Å². The van der Waals surface area contributed by atoms with Gasteiger partial charge in [0.05, 0.1) is 0 Å². The molecular formula is C18H32N2. The average Bonchev–Trinajstić information content (AvgIpc) is 2.45. The van der Waals surface area contributed by atoms with Crippen molar-refractivity contribution in [2.75, 3.05) is 26.2 Å². The van der Waals surface area contributed by atoms with Gasteiger partial charge in [0.2, 0.25) is 0 Å². The smallest absolute Gasteiger partial charge is 0.0120 e. The second kappa shape index (κ2) is 9.95. The fraction of sp³-hybridized carbons (Fsp3) is 0.667. The third kappa shape index (κ3) is 6.53. The molecule has 1 aromatic carbocycles. The molecule has 0 aliphatic heterocycles. The zero-order chi connectivity index (χ0) is 14.8. The van der Waals surface area contributed by atoms with Crippen molar-refractivity contribution in [1.82, 2.24) is 10.2 Å². The largest absolute Gasteiger partial charge is 0.314 e. The van der Waals surface area contributed by atoms with Crippen molar-refractivity contribution < 1.29 is 0 Å². The van der Waals surface area contributed by atoms with Gasteiger partial charge in [-0.05, 0) is 57.9 Å². The van der Waals surface area contributed by atoms with E-state index in [1.54, 1.807) is 0 Å². The third-order valence-corrected chi connectivity index (χ3v) is 3.94. The predicted octanol–water partition coefficient (Wildman–Crippen LogP) is 3.64. The molecular weight excluding hydrogens is 244 g/mol. The van der Waals surface area contributed by atoms with E-state index in [2.05, 4.69) is 62.2 Å². The molecule has 1 aromatic rings. The Hall–Kier alpha value is -0.860. The average molecular weight is 276 g/mol. The maximum atomic E-state index is 3.71. The second-order valence-electron chi connectivity index (χ2n) is 5.66. The number of hydrogen-bond acceptors (Lipinski definition) is 2. The van der Waals surface area contributed by atoms with Crippen LogP contribution in [0.4, 0.5) is 0 Å². The molecule has 1 N–H and O–H groups in total. The minimum Gasteiger partial charge on any atom is -0.314 e. The number of aryl methyl sites for hydroxylation is 1. The summed E-state index contributed by atoms with van der Waals surface area (Å²) in [5.41, 5.74) is 2.82. The molecule has 0 saturated carbocycles. The minimum atomic E-state index is 0.595. The normalized spacial score (nSPS) is 12.8. The lowest BCUT2D eigenvalue weighted by Crippen LogP contribution is -2.36. The number of benzene rings is 1. The monoisotopic (exact) mass is 276 g/mol. The van der Waals surface area contributed by atoms with Crippen molar-refractivity contribution in [3.63, 3.8) is 0 Å². The quantitative estimate of drug-likeness (QED) is 0.702. The van der Waals surface area contributed by atoms with E-state index in [-0.39, 0.29) is 0 Å². The second-order valence-corrected chi connectivity index (χ2v) is 5.66. The maximum absolute atomic E-state index is 3.71. The Morgan fingerprint density at radius 2 is 1.90 bits per heavy atom. The molecule has 1 rings (SSSR count). The molecule has 0 aromatic heterocycles. The topological polar surface area (TPSA) is 15.3 Å². The van der Waals surface area contributed by atoms with E-state index in [0.717, 1.165) is 26.1 Å². The molecule has 114 valence electrons. The van der Waals surface area contributed by atoms with E-state index in [4.69, 9.17) is 0 Å². The highest BCUT2D eigenvalue weighted by Gasteiger charge is 2.10. The van der Waals surface area contributed by atoms with E-state index >= 15 is 0 Å². The van der Waals surface area contributed by atoms with Gasteiger partial charge in [-0.2, -0.15) is 0 Å². The van der Waals surface area contributed by atoms with Crippen LogP contribution in [0, 0.1) is 6.92 Å². The van der Waals surface area contributed by atoms with Crippen LogP contribution in [-0.4, -0.2) is 37.1 Å². The predicted molar refractivity (Wildman–Crippen MR) is 89.4 cm³/mol. The first-order chi connectivity index (χ1) is 9.69. The van der Waals surface area contributed by atoms with E-state index in [9.17, 15) is 0 Å². The minimum absolute atomic E-state index is 0.595. The first-order valence-corrected chi connectivity index (χ1v) is 8.20. The summed E-state index contributed by atoms with van der Waals surface area (Å²) in [6.45, 7) is 13.5. The van der Waals surface area contributed by atoms with Gasteiger partial charge in [-0.15, -0.1) is 0 Å². The summed E-state index contributed by atoms with van der Waals surface area (Å²) >= 11 is 0. The molecule has 0 aliphatic rings. The molecule has 0 heterocycles. The van der Waals surface area contributed by atoms with Crippen LogP contribution in [0.25, 0.3) is 0 Å². The number of nitrogens with zero attached hydrogens (tertiary/aromatic N) is 1. The summed E-state index contributed by atoms with van der Waals surface area (Å²) in [5, 5.41) is 3.71. The molecule has 1 unspecified atom stereocenters. The van der Waals surface area contributed by atoms with Crippen LogP contribution in [0.2, 0.25) is 0 Å². The molecule has 2 nitrogen and oxygen atoms in total. The summed E-state index contributed by atoms with van der Waals surface area (Å²) in [6.07, 6.45) is 3.58. The van der Waals surface area contributed by atoms with Crippen LogP contribution >= 0.6 is 0 Å². The van der Waals surface area contributed by atoms with Gasteiger partial charge in [-0.3, -0.25) is 0 Å². The fourth-order valence-corrected chi connectivity index (χ4v) is 2.63. The molecule has 0 saturated heterocycles. The van der Waals surface area contributed by atoms with Gasteiger partial charge in [0.15, 0.2) is 0 Å². The highest BCUT2D eigenvalue weighted by atomic mass is 15.1. The zero-order valence-electron chi connectivity index (χ0n) is 13.8. The molecule has 0 spiro atoms. The van der Waals surface area contributed by atoms with Crippen molar-refractivity contribution in [3.8, 4) is 0 Å². The van der Waals surface area contributed by atoms with Gasteiger partial charge in [-0.25, -0.2) is 0 Å². The highest BCUT2D eigenvalue weighted by molar-refractivity contribution is 5.23. The molecule has 0 radical (unpaired) electrons. The SMILES string of the molecule is CCCNC(CCN(CC)CC)Cc1cccc(C)c1. The van der Waals surface area contributed by atoms with Gasteiger partial charge < -0.3 is 10.2 Å². The molecule has 2 heteroatoms. The van der Waals surface area contributed by atoms with Crippen LogP contribution in [0.1, 0.15) is 44.7 Å². The standard InChI is InChI=1S/C18H32N2/c1-5-12-19-18(11-13-20(6-2)7-3)15-17-10-8-9-16(4)14-17/h8-10,14,18-19H,5-7,11-13,15H2,1-4H3. The molecule has 20 heavy (non-hydrogen) atoms. The summed E-state index contributed by atoms with van der Waals surface area (Å²) in [4.78, 5) is 2.51. The van der Waals surface area contributed by atoms with Crippen LogP contribution in [0.5, 0.6) is 0 Å². The molecule has 0 aliphatic carbocycles. The Balaban J connectivity index is 2.54. The lowest BCUT2D eigenvalue weighted by atomic mass is 10.0. The number of hydrogen-bond donors (Lipinski definition) is 1. The van der Waals surface area contributed by atoms with Crippen molar-refractivity contribution in [2.24, 2.45) is 0 Å². The van der Waals surface area contributed by atoms with Crippen LogP contribution < -0.4 is 5.32 Å². The lowest BCUT2D eigenvalue weighted by molar-refractivity contribution is 0.280.